The first-order valence-corrected chi connectivity index (χ1v) is 10.4. The minimum atomic E-state index is -2.93. The zero-order valence-electron chi connectivity index (χ0n) is 19.1. The number of carbonyl (C=O) groups excluding carboxylic acids is 2. The average molecular weight is 466 g/mol. The summed E-state index contributed by atoms with van der Waals surface area (Å²) in [6.07, 6.45) is -1.94. The predicted octanol–water partition coefficient (Wildman–Crippen LogP) is 3.45. The van der Waals surface area contributed by atoms with Gasteiger partial charge in [0, 0.05) is 6.92 Å². The normalized spacial score (nSPS) is 13.3. The Morgan fingerprint density at radius 3 is 2.18 bits per heavy atom. The summed E-state index contributed by atoms with van der Waals surface area (Å²) < 4.78 is 21.2. The molecule has 0 saturated carbocycles. The molecule has 3 aromatic carbocycles. The number of para-hydroxylation sites is 1. The number of hydrogen-bond acceptors (Lipinski definition) is 8. The molecule has 0 aliphatic rings. The lowest BCUT2D eigenvalue weighted by atomic mass is 9.92. The van der Waals surface area contributed by atoms with Crippen LogP contribution in [0.2, 0.25) is 0 Å². The summed E-state index contributed by atoms with van der Waals surface area (Å²) in [5.41, 5.74) is 0.865. The molecule has 0 fully saturated rings. The highest BCUT2D eigenvalue weighted by atomic mass is 16.7. The van der Waals surface area contributed by atoms with Crippen molar-refractivity contribution in [2.24, 2.45) is 0 Å². The molecule has 0 aromatic heterocycles. The van der Waals surface area contributed by atoms with Crippen LogP contribution in [-0.4, -0.2) is 42.0 Å². The molecule has 8 nitrogen and oxygen atoms in total. The van der Waals surface area contributed by atoms with Gasteiger partial charge in [0.05, 0.1) is 19.8 Å². The van der Waals surface area contributed by atoms with Crippen molar-refractivity contribution in [3.05, 3.63) is 89.5 Å². The van der Waals surface area contributed by atoms with Crippen LogP contribution < -0.4 is 14.2 Å². The fraction of sp³-hybridized carbons (Fsp3) is 0.231. The molecule has 0 heterocycles. The van der Waals surface area contributed by atoms with E-state index in [-0.39, 0.29) is 29.2 Å². The van der Waals surface area contributed by atoms with E-state index in [4.69, 9.17) is 18.9 Å². The molecule has 3 aromatic rings. The fourth-order valence-electron chi connectivity index (χ4n) is 3.40. The molecule has 3 rings (SSSR count). The van der Waals surface area contributed by atoms with Gasteiger partial charge in [0.25, 0.3) is 0 Å². The van der Waals surface area contributed by atoms with Crippen LogP contribution in [0.3, 0.4) is 0 Å². The monoisotopic (exact) mass is 466 g/mol. The van der Waals surface area contributed by atoms with Crippen molar-refractivity contribution in [1.82, 2.24) is 0 Å². The molecule has 34 heavy (non-hydrogen) atoms. The predicted molar refractivity (Wildman–Crippen MR) is 123 cm³/mol. The van der Waals surface area contributed by atoms with Gasteiger partial charge in [-0.1, -0.05) is 48.5 Å². The maximum absolute atomic E-state index is 13.5. The lowest BCUT2D eigenvalue weighted by molar-refractivity contribution is -0.220. The molecule has 2 unspecified atom stereocenters. The largest absolute Gasteiger partial charge is 0.493 e. The minimum absolute atomic E-state index is 0.0671. The van der Waals surface area contributed by atoms with Gasteiger partial charge in [-0.05, 0) is 35.4 Å². The van der Waals surface area contributed by atoms with Crippen molar-refractivity contribution in [1.29, 1.82) is 0 Å². The molecule has 0 radical (unpaired) electrons. The van der Waals surface area contributed by atoms with Crippen LogP contribution >= 0.6 is 0 Å². The van der Waals surface area contributed by atoms with Gasteiger partial charge in [0.15, 0.2) is 17.6 Å². The Balaban J connectivity index is 1.98. The molecular weight excluding hydrogens is 440 g/mol. The van der Waals surface area contributed by atoms with E-state index in [1.54, 1.807) is 18.2 Å². The summed E-state index contributed by atoms with van der Waals surface area (Å²) in [7, 11) is 2.84. The number of carbonyl (C=O) groups is 2. The van der Waals surface area contributed by atoms with Crippen LogP contribution in [0.25, 0.3) is 0 Å². The first kappa shape index (κ1) is 24.8. The number of aliphatic hydroxyl groups is 2. The Hall–Kier alpha value is -3.88. The second-order valence-electron chi connectivity index (χ2n) is 7.41. The summed E-state index contributed by atoms with van der Waals surface area (Å²) >= 11 is 0. The third kappa shape index (κ3) is 5.36. The van der Waals surface area contributed by atoms with Crippen molar-refractivity contribution in [2.45, 2.75) is 25.4 Å². The van der Waals surface area contributed by atoms with Crippen molar-refractivity contribution in [3.63, 3.8) is 0 Å². The number of ketones is 1. The van der Waals surface area contributed by atoms with Crippen LogP contribution in [0.5, 0.6) is 17.2 Å². The van der Waals surface area contributed by atoms with E-state index in [1.807, 2.05) is 30.3 Å². The summed E-state index contributed by atoms with van der Waals surface area (Å²) in [5.74, 6) is -4.16. The van der Waals surface area contributed by atoms with E-state index in [0.717, 1.165) is 12.5 Å². The first-order valence-electron chi connectivity index (χ1n) is 10.4. The van der Waals surface area contributed by atoms with Crippen molar-refractivity contribution in [2.75, 3.05) is 14.2 Å². The molecule has 8 heteroatoms. The van der Waals surface area contributed by atoms with Crippen LogP contribution in [0.1, 0.15) is 34.5 Å². The Morgan fingerprint density at radius 2 is 1.53 bits per heavy atom. The molecule has 2 atom stereocenters. The Bertz CT molecular complexity index is 1140. The molecule has 0 bridgehead atoms. The number of esters is 1. The van der Waals surface area contributed by atoms with Crippen LogP contribution in [0, 0.1) is 0 Å². The number of methoxy groups -OCH3 is 2. The van der Waals surface area contributed by atoms with Crippen LogP contribution in [0.15, 0.2) is 72.8 Å². The average Bonchev–Trinajstić information content (AvgIpc) is 2.86. The summed E-state index contributed by atoms with van der Waals surface area (Å²) in [6.45, 7) is 1.19. The van der Waals surface area contributed by atoms with Crippen molar-refractivity contribution in [3.8, 4) is 17.2 Å². The maximum atomic E-state index is 13.5. The van der Waals surface area contributed by atoms with Gasteiger partial charge < -0.3 is 29.2 Å². The van der Waals surface area contributed by atoms with E-state index in [0.29, 0.717) is 5.75 Å². The highest BCUT2D eigenvalue weighted by Gasteiger charge is 2.49. The third-order valence-electron chi connectivity index (χ3n) is 5.09. The molecular formula is C26H26O8. The van der Waals surface area contributed by atoms with E-state index < -0.39 is 23.6 Å². The number of rotatable bonds is 10. The van der Waals surface area contributed by atoms with E-state index in [1.165, 1.54) is 38.5 Å². The SMILES string of the molecule is COc1ccc(C(O)C(O)(OC(C)=O)C(=O)c2ccccc2OCc2ccccc2)cc1OC. The lowest BCUT2D eigenvalue weighted by Gasteiger charge is -2.31. The first-order chi connectivity index (χ1) is 16.3. The van der Waals surface area contributed by atoms with Gasteiger partial charge in [-0.25, -0.2) is 0 Å². The Labute approximate surface area is 197 Å². The number of ether oxygens (including phenoxy) is 4. The molecule has 0 aliphatic carbocycles. The highest BCUT2D eigenvalue weighted by molar-refractivity contribution is 6.04. The second-order valence-corrected chi connectivity index (χ2v) is 7.41. The third-order valence-corrected chi connectivity index (χ3v) is 5.09. The molecule has 178 valence electrons. The number of benzene rings is 3. The van der Waals surface area contributed by atoms with Gasteiger partial charge in [0.2, 0.25) is 5.78 Å². The molecule has 2 N–H and O–H groups in total. The number of aliphatic hydroxyl groups excluding tert-OH is 1. The molecule has 0 amide bonds. The zero-order chi connectivity index (χ0) is 24.7. The fourth-order valence-corrected chi connectivity index (χ4v) is 3.40. The van der Waals surface area contributed by atoms with Crippen LogP contribution in [-0.2, 0) is 16.1 Å². The quantitative estimate of drug-likeness (QED) is 0.266. The Morgan fingerprint density at radius 1 is 0.882 bits per heavy atom. The second kappa shape index (κ2) is 10.8. The van der Waals surface area contributed by atoms with Crippen molar-refractivity contribution < 1.29 is 38.7 Å². The Kier molecular flexibility index (Phi) is 7.88. The summed E-state index contributed by atoms with van der Waals surface area (Å²) in [5, 5.41) is 22.3. The van der Waals surface area contributed by atoms with Gasteiger partial charge in [-0.3, -0.25) is 9.59 Å². The summed E-state index contributed by atoms with van der Waals surface area (Å²) in [4.78, 5) is 25.3. The maximum Gasteiger partial charge on any atom is 0.306 e. The highest BCUT2D eigenvalue weighted by Crippen LogP contribution is 2.37. The van der Waals surface area contributed by atoms with Gasteiger partial charge in [-0.15, -0.1) is 0 Å². The molecule has 0 spiro atoms. The zero-order valence-corrected chi connectivity index (χ0v) is 19.1. The smallest absolute Gasteiger partial charge is 0.306 e. The van der Waals surface area contributed by atoms with Crippen molar-refractivity contribution >= 4 is 11.8 Å². The topological polar surface area (TPSA) is 112 Å². The number of Topliss-reactive ketones (excluding diaryl/α,β-unsaturated/α-hetero) is 1. The van der Waals surface area contributed by atoms with E-state index >= 15 is 0 Å². The molecule has 0 saturated heterocycles. The van der Waals surface area contributed by atoms with Gasteiger partial charge in [-0.2, -0.15) is 0 Å². The summed E-state index contributed by atoms with van der Waals surface area (Å²) in [6, 6.07) is 19.8. The standard InChI is InChI=1S/C26H26O8/c1-17(27)34-26(30,24(28)19-13-14-22(31-2)23(15-19)32-3)25(29)20-11-7-8-12-21(20)33-16-18-9-5-4-6-10-18/h4-15,24,28,30H,16H2,1-3H3. The van der Waals surface area contributed by atoms with E-state index in [9.17, 15) is 19.8 Å². The lowest BCUT2D eigenvalue weighted by Crippen LogP contribution is -2.48. The van der Waals surface area contributed by atoms with E-state index in [2.05, 4.69) is 0 Å². The van der Waals surface area contributed by atoms with Gasteiger partial charge in [0.1, 0.15) is 12.4 Å². The molecule has 0 aliphatic heterocycles. The number of hydrogen-bond donors (Lipinski definition) is 2. The van der Waals surface area contributed by atoms with Crippen LogP contribution in [0.4, 0.5) is 0 Å². The van der Waals surface area contributed by atoms with Gasteiger partial charge >= 0.3 is 11.8 Å². The minimum Gasteiger partial charge on any atom is -0.493 e.